The number of nitrogens with zero attached hydrogens (tertiary/aromatic N) is 2. The molecule has 26 heavy (non-hydrogen) atoms. The normalized spacial score (nSPS) is 17.3. The van der Waals surface area contributed by atoms with Crippen molar-refractivity contribution in [1.82, 2.24) is 9.88 Å². The number of benzene rings is 1. The van der Waals surface area contributed by atoms with Crippen molar-refractivity contribution >= 4 is 23.2 Å². The van der Waals surface area contributed by atoms with Crippen LogP contribution in [-0.2, 0) is 11.2 Å². The second-order valence-electron chi connectivity index (χ2n) is 6.87. The van der Waals surface area contributed by atoms with Crippen LogP contribution >= 0.6 is 11.3 Å². The molecule has 6 heteroatoms. The number of carboxylic acids is 1. The van der Waals surface area contributed by atoms with E-state index in [0.29, 0.717) is 18.7 Å². The first-order valence-electron chi connectivity index (χ1n) is 9.05. The summed E-state index contributed by atoms with van der Waals surface area (Å²) in [6, 6.07) is 8.34. The van der Waals surface area contributed by atoms with Crippen LogP contribution in [-0.4, -0.2) is 39.5 Å². The molecule has 5 nitrogen and oxygen atoms in total. The zero-order valence-corrected chi connectivity index (χ0v) is 15.8. The summed E-state index contributed by atoms with van der Waals surface area (Å²) in [5.41, 5.74) is 2.89. The number of amides is 1. The van der Waals surface area contributed by atoms with Crippen LogP contribution in [0.25, 0.3) is 0 Å². The van der Waals surface area contributed by atoms with Crippen LogP contribution in [0.1, 0.15) is 58.7 Å². The number of thiazole rings is 1. The van der Waals surface area contributed by atoms with E-state index in [9.17, 15) is 9.59 Å². The lowest BCUT2D eigenvalue weighted by molar-refractivity contribution is -0.137. The highest BCUT2D eigenvalue weighted by Gasteiger charge is 2.29. The minimum atomic E-state index is -0.808. The molecule has 1 aliphatic rings. The van der Waals surface area contributed by atoms with E-state index >= 15 is 0 Å². The van der Waals surface area contributed by atoms with Gasteiger partial charge in [0, 0.05) is 30.8 Å². The summed E-state index contributed by atoms with van der Waals surface area (Å²) >= 11 is 1.51. The van der Waals surface area contributed by atoms with Crippen LogP contribution in [0.2, 0.25) is 0 Å². The van der Waals surface area contributed by atoms with Gasteiger partial charge in [0.25, 0.3) is 5.91 Å². The molecule has 138 valence electrons. The third-order valence-electron chi connectivity index (χ3n) is 4.83. The molecule has 1 amide bonds. The first kappa shape index (κ1) is 18.6. The number of carbonyl (C=O) groups excluding carboxylic acids is 1. The van der Waals surface area contributed by atoms with Crippen molar-refractivity contribution in [3.63, 3.8) is 0 Å². The van der Waals surface area contributed by atoms with Gasteiger partial charge in [0.15, 0.2) is 0 Å². The average Bonchev–Trinajstić information content (AvgIpc) is 3.10. The molecule has 1 aromatic carbocycles. The third kappa shape index (κ3) is 4.69. The SMILES string of the molecule is Cc1ccc(Cc2nc(C(=O)N3CCCCC3CCC(=O)O)cs2)cc1. The van der Waals surface area contributed by atoms with Gasteiger partial charge in [-0.05, 0) is 38.2 Å². The van der Waals surface area contributed by atoms with Crippen molar-refractivity contribution in [2.75, 3.05) is 6.54 Å². The fourth-order valence-electron chi connectivity index (χ4n) is 3.38. The smallest absolute Gasteiger partial charge is 0.303 e. The maximum Gasteiger partial charge on any atom is 0.303 e. The Hall–Kier alpha value is -2.21. The zero-order valence-electron chi connectivity index (χ0n) is 15.0. The van der Waals surface area contributed by atoms with Gasteiger partial charge < -0.3 is 10.0 Å². The number of aryl methyl sites for hydroxylation is 1. The number of hydrogen-bond donors (Lipinski definition) is 1. The number of aromatic nitrogens is 1. The van der Waals surface area contributed by atoms with Gasteiger partial charge in [-0.15, -0.1) is 11.3 Å². The highest BCUT2D eigenvalue weighted by molar-refractivity contribution is 7.09. The molecule has 2 aromatic rings. The Morgan fingerprint density at radius 3 is 2.77 bits per heavy atom. The number of rotatable bonds is 6. The maximum atomic E-state index is 12.9. The quantitative estimate of drug-likeness (QED) is 0.835. The van der Waals surface area contributed by atoms with Crippen LogP contribution in [0.5, 0.6) is 0 Å². The summed E-state index contributed by atoms with van der Waals surface area (Å²) in [6.45, 7) is 2.75. The average molecular weight is 372 g/mol. The maximum absolute atomic E-state index is 12.9. The molecule has 0 aliphatic carbocycles. The number of carbonyl (C=O) groups is 2. The molecule has 1 N–H and O–H groups in total. The fourth-order valence-corrected chi connectivity index (χ4v) is 4.18. The van der Waals surface area contributed by atoms with Crippen molar-refractivity contribution < 1.29 is 14.7 Å². The molecule has 2 heterocycles. The van der Waals surface area contributed by atoms with Crippen LogP contribution < -0.4 is 0 Å². The van der Waals surface area contributed by atoms with E-state index in [2.05, 4.69) is 36.2 Å². The summed E-state index contributed by atoms with van der Waals surface area (Å²) < 4.78 is 0. The Morgan fingerprint density at radius 2 is 2.04 bits per heavy atom. The predicted octanol–water partition coefficient (Wildman–Crippen LogP) is 3.90. The molecule has 1 fully saturated rings. The largest absolute Gasteiger partial charge is 0.481 e. The van der Waals surface area contributed by atoms with Gasteiger partial charge in [0.05, 0.1) is 5.01 Å². The van der Waals surface area contributed by atoms with Crippen molar-refractivity contribution in [3.8, 4) is 0 Å². The molecule has 1 unspecified atom stereocenters. The summed E-state index contributed by atoms with van der Waals surface area (Å²) in [5.74, 6) is -0.872. The Labute approximate surface area is 157 Å². The molecule has 1 atom stereocenters. The van der Waals surface area contributed by atoms with Crippen LogP contribution in [0.4, 0.5) is 0 Å². The minimum absolute atomic E-state index is 0.00889. The van der Waals surface area contributed by atoms with Crippen molar-refractivity contribution in [1.29, 1.82) is 0 Å². The van der Waals surface area contributed by atoms with Gasteiger partial charge in [-0.25, -0.2) is 4.98 Å². The van der Waals surface area contributed by atoms with E-state index < -0.39 is 5.97 Å². The standard InChI is InChI=1S/C20H24N2O3S/c1-14-5-7-15(8-6-14)12-18-21-17(13-26-18)20(25)22-11-3-2-4-16(22)9-10-19(23)24/h5-8,13,16H,2-4,9-12H2,1H3,(H,23,24). The Balaban J connectivity index is 1.67. The second-order valence-corrected chi connectivity index (χ2v) is 7.81. The van der Waals surface area contributed by atoms with Gasteiger partial charge in [0.2, 0.25) is 0 Å². The summed E-state index contributed by atoms with van der Waals surface area (Å²) in [5, 5.41) is 11.7. The van der Waals surface area contributed by atoms with E-state index in [1.165, 1.54) is 22.5 Å². The number of piperidine rings is 1. The van der Waals surface area contributed by atoms with Gasteiger partial charge >= 0.3 is 5.97 Å². The molecule has 0 saturated carbocycles. The minimum Gasteiger partial charge on any atom is -0.481 e. The van der Waals surface area contributed by atoms with Gasteiger partial charge in [0.1, 0.15) is 5.69 Å². The molecule has 1 aliphatic heterocycles. The van der Waals surface area contributed by atoms with E-state index in [1.54, 1.807) is 0 Å². The summed E-state index contributed by atoms with van der Waals surface area (Å²) in [4.78, 5) is 30.1. The highest BCUT2D eigenvalue weighted by Crippen LogP contribution is 2.24. The molecule has 0 spiro atoms. The van der Waals surface area contributed by atoms with Gasteiger partial charge in [-0.2, -0.15) is 0 Å². The van der Waals surface area contributed by atoms with Crippen LogP contribution in [0, 0.1) is 6.92 Å². The zero-order chi connectivity index (χ0) is 18.5. The first-order valence-corrected chi connectivity index (χ1v) is 9.93. The topological polar surface area (TPSA) is 70.5 Å². The van der Waals surface area contributed by atoms with E-state index in [-0.39, 0.29) is 18.4 Å². The lowest BCUT2D eigenvalue weighted by Gasteiger charge is -2.35. The molecule has 0 bridgehead atoms. The van der Waals surface area contributed by atoms with Crippen LogP contribution in [0.3, 0.4) is 0 Å². The number of aliphatic carboxylic acids is 1. The fraction of sp³-hybridized carbons (Fsp3) is 0.450. The number of carboxylic acid groups (broad SMARTS) is 1. The van der Waals surface area contributed by atoms with E-state index in [1.807, 2.05) is 10.3 Å². The van der Waals surface area contributed by atoms with Crippen molar-refractivity contribution in [2.45, 2.75) is 51.5 Å². The molecule has 1 aromatic heterocycles. The highest BCUT2D eigenvalue weighted by atomic mass is 32.1. The lowest BCUT2D eigenvalue weighted by Crippen LogP contribution is -2.44. The van der Waals surface area contributed by atoms with Crippen LogP contribution in [0.15, 0.2) is 29.6 Å². The monoisotopic (exact) mass is 372 g/mol. The summed E-state index contributed by atoms with van der Waals surface area (Å²) in [6.07, 6.45) is 4.23. The number of hydrogen-bond acceptors (Lipinski definition) is 4. The van der Waals surface area contributed by atoms with E-state index in [0.717, 1.165) is 30.7 Å². The van der Waals surface area contributed by atoms with Gasteiger partial charge in [-0.1, -0.05) is 29.8 Å². The molecule has 1 saturated heterocycles. The molecular weight excluding hydrogens is 348 g/mol. The van der Waals surface area contributed by atoms with Crippen molar-refractivity contribution in [3.05, 3.63) is 51.5 Å². The summed E-state index contributed by atoms with van der Waals surface area (Å²) in [7, 11) is 0. The van der Waals surface area contributed by atoms with Gasteiger partial charge in [-0.3, -0.25) is 9.59 Å². The molecule has 3 rings (SSSR count). The Kier molecular flexibility index (Phi) is 6.04. The van der Waals surface area contributed by atoms with Crippen molar-refractivity contribution in [2.24, 2.45) is 0 Å². The number of likely N-dealkylation sites (tertiary alicyclic amines) is 1. The Morgan fingerprint density at radius 1 is 1.27 bits per heavy atom. The Bertz CT molecular complexity index is 770. The molecule has 0 radical (unpaired) electrons. The molecular formula is C20H24N2O3S. The second kappa shape index (κ2) is 8.45. The lowest BCUT2D eigenvalue weighted by atomic mass is 9.97. The third-order valence-corrected chi connectivity index (χ3v) is 5.68. The first-order chi connectivity index (χ1) is 12.5. The van der Waals surface area contributed by atoms with E-state index in [4.69, 9.17) is 5.11 Å². The predicted molar refractivity (Wildman–Crippen MR) is 102 cm³/mol.